The van der Waals surface area contributed by atoms with Gasteiger partial charge in [0.25, 0.3) is 11.8 Å². The number of carbonyl (C=O) groups excluding carboxylic acids is 2. The molecule has 0 aliphatic carbocycles. The van der Waals surface area contributed by atoms with Crippen molar-refractivity contribution in [1.29, 1.82) is 5.26 Å². The Labute approximate surface area is 155 Å². The van der Waals surface area contributed by atoms with Crippen molar-refractivity contribution in [3.05, 3.63) is 89.5 Å². The van der Waals surface area contributed by atoms with Crippen LogP contribution in [0, 0.1) is 11.3 Å². The highest BCUT2D eigenvalue weighted by molar-refractivity contribution is 6.04. The minimum absolute atomic E-state index is 0.0803. The van der Waals surface area contributed by atoms with Crippen molar-refractivity contribution in [1.82, 2.24) is 15.3 Å². The lowest BCUT2D eigenvalue weighted by atomic mass is 10.2. The Morgan fingerprint density at radius 1 is 0.963 bits per heavy atom. The summed E-state index contributed by atoms with van der Waals surface area (Å²) in [4.78, 5) is 32.8. The zero-order valence-corrected chi connectivity index (χ0v) is 14.2. The first kappa shape index (κ1) is 17.8. The van der Waals surface area contributed by atoms with Crippen LogP contribution in [0.15, 0.2) is 67.0 Å². The maximum Gasteiger partial charge on any atom is 0.274 e. The van der Waals surface area contributed by atoms with Gasteiger partial charge in [-0.25, -0.2) is 4.98 Å². The van der Waals surface area contributed by atoms with Crippen molar-refractivity contribution in [2.45, 2.75) is 6.54 Å². The molecule has 0 saturated heterocycles. The molecule has 0 bridgehead atoms. The number of benzene rings is 1. The van der Waals surface area contributed by atoms with E-state index in [2.05, 4.69) is 20.6 Å². The normalized spacial score (nSPS) is 9.89. The second kappa shape index (κ2) is 8.36. The third-order valence-electron chi connectivity index (χ3n) is 3.69. The number of pyridine rings is 2. The number of para-hydroxylation sites is 1. The molecule has 2 heterocycles. The van der Waals surface area contributed by atoms with Crippen molar-refractivity contribution in [2.24, 2.45) is 0 Å². The van der Waals surface area contributed by atoms with Crippen molar-refractivity contribution in [2.75, 3.05) is 5.32 Å². The number of amides is 2. The van der Waals surface area contributed by atoms with Crippen LogP contribution in [0.25, 0.3) is 0 Å². The summed E-state index contributed by atoms with van der Waals surface area (Å²) >= 11 is 0. The fraction of sp³-hybridized carbons (Fsp3) is 0.0500. The van der Waals surface area contributed by atoms with E-state index < -0.39 is 11.8 Å². The molecule has 3 rings (SSSR count). The lowest BCUT2D eigenvalue weighted by molar-refractivity contribution is 0.0945. The first-order chi connectivity index (χ1) is 13.2. The highest BCUT2D eigenvalue weighted by Gasteiger charge is 2.13. The molecule has 7 heteroatoms. The molecule has 1 aromatic carbocycles. The molecule has 0 aliphatic rings. The Hall–Kier alpha value is -4.05. The van der Waals surface area contributed by atoms with Crippen molar-refractivity contribution < 1.29 is 9.59 Å². The fourth-order valence-electron chi connectivity index (χ4n) is 2.34. The number of nitrogens with one attached hydrogen (secondary N) is 2. The highest BCUT2D eigenvalue weighted by Crippen LogP contribution is 2.14. The van der Waals surface area contributed by atoms with Gasteiger partial charge in [0.05, 0.1) is 11.3 Å². The van der Waals surface area contributed by atoms with Crippen LogP contribution >= 0.6 is 0 Å². The van der Waals surface area contributed by atoms with Gasteiger partial charge in [-0.05, 0) is 35.9 Å². The van der Waals surface area contributed by atoms with Gasteiger partial charge >= 0.3 is 0 Å². The van der Waals surface area contributed by atoms with Crippen LogP contribution in [-0.4, -0.2) is 21.8 Å². The predicted molar refractivity (Wildman–Crippen MR) is 98.8 cm³/mol. The number of nitriles is 1. The second-order valence-corrected chi connectivity index (χ2v) is 5.56. The van der Waals surface area contributed by atoms with Crippen LogP contribution in [0.5, 0.6) is 0 Å². The molecule has 2 aromatic heterocycles. The van der Waals surface area contributed by atoms with Crippen LogP contribution in [0.1, 0.15) is 32.1 Å². The second-order valence-electron chi connectivity index (χ2n) is 5.56. The van der Waals surface area contributed by atoms with Gasteiger partial charge in [0.2, 0.25) is 0 Å². The summed E-state index contributed by atoms with van der Waals surface area (Å²) in [7, 11) is 0. The molecular weight excluding hydrogens is 342 g/mol. The fourth-order valence-corrected chi connectivity index (χ4v) is 2.34. The van der Waals surface area contributed by atoms with E-state index in [0.29, 0.717) is 17.8 Å². The van der Waals surface area contributed by atoms with Gasteiger partial charge in [-0.1, -0.05) is 24.3 Å². The van der Waals surface area contributed by atoms with E-state index in [1.807, 2.05) is 12.1 Å². The van der Waals surface area contributed by atoms with E-state index in [9.17, 15) is 9.59 Å². The van der Waals surface area contributed by atoms with Gasteiger partial charge in [0.1, 0.15) is 17.5 Å². The molecule has 0 spiro atoms. The van der Waals surface area contributed by atoms with Crippen molar-refractivity contribution in [3.8, 4) is 6.07 Å². The van der Waals surface area contributed by atoms with Gasteiger partial charge in [-0.15, -0.1) is 0 Å². The SMILES string of the molecule is N#Cc1ccccc1NC(=O)c1cccc(C(=O)NCc2cccnc2)n1. The molecule has 2 N–H and O–H groups in total. The Bertz CT molecular complexity index is 1010. The van der Waals surface area contributed by atoms with Gasteiger partial charge in [-0.3, -0.25) is 14.6 Å². The van der Waals surface area contributed by atoms with E-state index in [1.165, 1.54) is 12.1 Å². The van der Waals surface area contributed by atoms with Crippen LogP contribution < -0.4 is 10.6 Å². The van der Waals surface area contributed by atoms with Crippen molar-refractivity contribution in [3.63, 3.8) is 0 Å². The highest BCUT2D eigenvalue weighted by atomic mass is 16.2. The number of carbonyl (C=O) groups is 2. The summed E-state index contributed by atoms with van der Waals surface area (Å²) in [5.74, 6) is -0.898. The van der Waals surface area contributed by atoms with E-state index in [0.717, 1.165) is 5.56 Å². The average Bonchev–Trinajstić information content (AvgIpc) is 2.73. The lowest BCUT2D eigenvalue weighted by Crippen LogP contribution is -2.25. The number of rotatable bonds is 5. The molecule has 3 aromatic rings. The first-order valence-electron chi connectivity index (χ1n) is 8.12. The Balaban J connectivity index is 1.70. The lowest BCUT2D eigenvalue weighted by Gasteiger charge is -2.08. The van der Waals surface area contributed by atoms with Crippen LogP contribution in [0.2, 0.25) is 0 Å². The third kappa shape index (κ3) is 4.52. The van der Waals surface area contributed by atoms with E-state index >= 15 is 0 Å². The zero-order chi connectivity index (χ0) is 19.1. The average molecular weight is 357 g/mol. The standard InChI is InChI=1S/C20H15N5O2/c21-11-15-6-1-2-7-16(15)25-20(27)18-9-3-8-17(24-18)19(26)23-13-14-5-4-10-22-12-14/h1-10,12H,13H2,(H,23,26)(H,25,27). The van der Waals surface area contributed by atoms with E-state index in [1.54, 1.807) is 48.8 Å². The summed E-state index contributed by atoms with van der Waals surface area (Å²) in [6, 6.07) is 16.9. The summed E-state index contributed by atoms with van der Waals surface area (Å²) < 4.78 is 0. The minimum atomic E-state index is -0.500. The van der Waals surface area contributed by atoms with E-state index in [4.69, 9.17) is 5.26 Å². The first-order valence-corrected chi connectivity index (χ1v) is 8.12. The number of nitrogens with zero attached hydrogens (tertiary/aromatic N) is 3. The Morgan fingerprint density at radius 3 is 2.48 bits per heavy atom. The number of hydrogen-bond acceptors (Lipinski definition) is 5. The maximum atomic E-state index is 12.4. The van der Waals surface area contributed by atoms with Crippen LogP contribution in [0.3, 0.4) is 0 Å². The summed E-state index contributed by atoms with van der Waals surface area (Å²) in [6.45, 7) is 0.306. The number of hydrogen-bond donors (Lipinski definition) is 2. The van der Waals surface area contributed by atoms with Crippen LogP contribution in [-0.2, 0) is 6.54 Å². The molecular formula is C20H15N5O2. The maximum absolute atomic E-state index is 12.4. The molecule has 0 atom stereocenters. The largest absolute Gasteiger partial charge is 0.347 e. The third-order valence-corrected chi connectivity index (χ3v) is 3.69. The summed E-state index contributed by atoms with van der Waals surface area (Å²) in [5, 5.41) is 14.5. The number of anilines is 1. The minimum Gasteiger partial charge on any atom is -0.347 e. The van der Waals surface area contributed by atoms with Gasteiger partial charge in [0.15, 0.2) is 0 Å². The molecule has 7 nitrogen and oxygen atoms in total. The molecule has 0 radical (unpaired) electrons. The van der Waals surface area contributed by atoms with E-state index in [-0.39, 0.29) is 11.4 Å². The van der Waals surface area contributed by atoms with Gasteiger partial charge in [-0.2, -0.15) is 5.26 Å². The number of aromatic nitrogens is 2. The monoisotopic (exact) mass is 357 g/mol. The predicted octanol–water partition coefficient (Wildman–Crippen LogP) is 2.53. The zero-order valence-electron chi connectivity index (χ0n) is 14.2. The van der Waals surface area contributed by atoms with Gasteiger partial charge in [0, 0.05) is 18.9 Å². The molecule has 132 valence electrons. The molecule has 27 heavy (non-hydrogen) atoms. The molecule has 2 amide bonds. The Kier molecular flexibility index (Phi) is 5.50. The smallest absolute Gasteiger partial charge is 0.274 e. The summed E-state index contributed by atoms with van der Waals surface area (Å²) in [5.41, 5.74) is 1.79. The molecule has 0 aliphatic heterocycles. The Morgan fingerprint density at radius 2 is 1.74 bits per heavy atom. The van der Waals surface area contributed by atoms with Crippen LogP contribution in [0.4, 0.5) is 5.69 Å². The molecule has 0 unspecified atom stereocenters. The molecule has 0 saturated carbocycles. The van der Waals surface area contributed by atoms with Crippen molar-refractivity contribution >= 4 is 17.5 Å². The topological polar surface area (TPSA) is 108 Å². The quantitative estimate of drug-likeness (QED) is 0.729. The summed E-state index contributed by atoms with van der Waals surface area (Å²) in [6.07, 6.45) is 3.31. The molecule has 0 fully saturated rings. The van der Waals surface area contributed by atoms with Gasteiger partial charge < -0.3 is 10.6 Å².